The molecule has 0 bridgehead atoms. The van der Waals surface area contributed by atoms with Crippen LogP contribution in [0.2, 0.25) is 0 Å². The van der Waals surface area contributed by atoms with Crippen LogP contribution in [0.4, 0.5) is 0 Å². The van der Waals surface area contributed by atoms with Crippen molar-refractivity contribution in [3.8, 4) is 0 Å². The highest BCUT2D eigenvalue weighted by Gasteiger charge is 2.59. The van der Waals surface area contributed by atoms with Crippen LogP contribution in [0, 0.1) is 18.8 Å². The van der Waals surface area contributed by atoms with E-state index in [1.807, 2.05) is 26.0 Å². The number of thioether (sulfide) groups is 1. The van der Waals surface area contributed by atoms with E-state index < -0.39 is 18.0 Å². The lowest BCUT2D eigenvalue weighted by Crippen LogP contribution is -2.63. The van der Waals surface area contributed by atoms with Crippen LogP contribution in [0.1, 0.15) is 25.1 Å². The van der Waals surface area contributed by atoms with E-state index in [2.05, 4.69) is 4.98 Å². The van der Waals surface area contributed by atoms with Gasteiger partial charge in [0.2, 0.25) is 5.91 Å². The molecule has 0 aliphatic carbocycles. The van der Waals surface area contributed by atoms with Crippen LogP contribution < -0.4 is 0 Å². The molecular formula is C17H20N2O4S. The minimum atomic E-state index is -1.09. The fraction of sp³-hybridized carbons (Fsp3) is 0.471. The molecule has 0 aromatic carbocycles. The molecule has 0 radical (unpaired) electrons. The second-order valence-electron chi connectivity index (χ2n) is 6.37. The summed E-state index contributed by atoms with van der Waals surface area (Å²) >= 11 is 1.45. The summed E-state index contributed by atoms with van der Waals surface area (Å²) in [5, 5.41) is 19.4. The molecule has 6 nitrogen and oxygen atoms in total. The van der Waals surface area contributed by atoms with Crippen LogP contribution in [0.3, 0.4) is 0 Å². The van der Waals surface area contributed by atoms with Crippen LogP contribution in [0.25, 0.3) is 0 Å². The smallest absolute Gasteiger partial charge is 0.353 e. The molecule has 2 aliphatic heterocycles. The third kappa shape index (κ3) is 2.61. The van der Waals surface area contributed by atoms with Crippen molar-refractivity contribution in [1.82, 2.24) is 9.88 Å². The molecule has 1 fully saturated rings. The molecule has 4 atom stereocenters. The Morgan fingerprint density at radius 3 is 2.79 bits per heavy atom. The fourth-order valence-corrected chi connectivity index (χ4v) is 4.80. The van der Waals surface area contributed by atoms with Gasteiger partial charge < -0.3 is 15.1 Å². The maximum atomic E-state index is 12.3. The summed E-state index contributed by atoms with van der Waals surface area (Å²) in [5.74, 6) is -1.38. The van der Waals surface area contributed by atoms with Gasteiger partial charge in [-0.15, -0.1) is 11.8 Å². The Hall–Kier alpha value is -1.86. The molecule has 24 heavy (non-hydrogen) atoms. The van der Waals surface area contributed by atoms with E-state index >= 15 is 0 Å². The van der Waals surface area contributed by atoms with E-state index in [1.165, 1.54) is 16.7 Å². The lowest BCUT2D eigenvalue weighted by Gasteiger charge is -2.46. The average Bonchev–Trinajstić information content (AvgIpc) is 2.74. The molecule has 128 valence electrons. The molecule has 1 amide bonds. The zero-order valence-electron chi connectivity index (χ0n) is 13.8. The number of aromatic nitrogens is 1. The third-order valence-corrected chi connectivity index (χ3v) is 6.02. The Morgan fingerprint density at radius 1 is 1.50 bits per heavy atom. The highest BCUT2D eigenvalue weighted by Crippen LogP contribution is 2.50. The Labute approximate surface area is 144 Å². The molecule has 3 heterocycles. The summed E-state index contributed by atoms with van der Waals surface area (Å²) in [7, 11) is 0. The Bertz CT molecular complexity index is 731. The van der Waals surface area contributed by atoms with Gasteiger partial charge in [0.05, 0.1) is 18.1 Å². The number of rotatable bonds is 5. The summed E-state index contributed by atoms with van der Waals surface area (Å²) in [6.07, 6.45) is 0.958. The van der Waals surface area contributed by atoms with Gasteiger partial charge in [0.25, 0.3) is 0 Å². The number of aliphatic carboxylic acids is 1. The molecule has 0 spiro atoms. The number of hydrogen-bond donors (Lipinski definition) is 2. The first-order valence-corrected chi connectivity index (χ1v) is 8.84. The maximum absolute atomic E-state index is 12.3. The fourth-order valence-electron chi connectivity index (χ4n) is 3.57. The van der Waals surface area contributed by atoms with Gasteiger partial charge in [-0.25, -0.2) is 4.79 Å². The van der Waals surface area contributed by atoms with Crippen molar-refractivity contribution in [3.05, 3.63) is 40.2 Å². The number of aliphatic hydroxyl groups excluding tert-OH is 1. The number of pyridine rings is 1. The first kappa shape index (κ1) is 17.0. The molecular weight excluding hydrogens is 328 g/mol. The largest absolute Gasteiger partial charge is 0.477 e. The molecule has 0 unspecified atom stereocenters. The highest BCUT2D eigenvalue weighted by molar-refractivity contribution is 8.02. The van der Waals surface area contributed by atoms with Gasteiger partial charge in [-0.1, -0.05) is 6.92 Å². The standard InChI is InChI=1S/C17H20N2O4S/c1-8-6-11(4-5-18-8)7-24-15-9(2)13-12(10(3)20)16(21)19(13)14(15)17(22)23/h4-6,9-10,12-13,20H,7H2,1-3H3,(H,22,23)/t9-,10-,12-,13+/m1/s1. The molecule has 3 rings (SSSR count). The number of carboxylic acids is 1. The first-order chi connectivity index (χ1) is 11.3. The van der Waals surface area contributed by atoms with Gasteiger partial charge in [0.15, 0.2) is 0 Å². The van der Waals surface area contributed by atoms with Crippen molar-refractivity contribution in [1.29, 1.82) is 0 Å². The summed E-state index contributed by atoms with van der Waals surface area (Å²) in [6, 6.07) is 3.61. The number of amides is 1. The van der Waals surface area contributed by atoms with Crippen molar-refractivity contribution >= 4 is 23.6 Å². The topological polar surface area (TPSA) is 90.7 Å². The van der Waals surface area contributed by atoms with Gasteiger partial charge in [-0.3, -0.25) is 9.78 Å². The normalized spacial score (nSPS) is 27.1. The minimum absolute atomic E-state index is 0.0742. The number of carboxylic acid groups (broad SMARTS) is 1. The molecule has 1 aromatic heterocycles. The number of carbonyl (C=O) groups is 2. The third-order valence-electron chi connectivity index (χ3n) is 4.67. The van der Waals surface area contributed by atoms with Crippen LogP contribution in [0.5, 0.6) is 0 Å². The Morgan fingerprint density at radius 2 is 2.21 bits per heavy atom. The van der Waals surface area contributed by atoms with Crippen molar-refractivity contribution in [2.75, 3.05) is 0 Å². The summed E-state index contributed by atoms with van der Waals surface area (Å²) in [6.45, 7) is 5.42. The van der Waals surface area contributed by atoms with E-state index in [1.54, 1.807) is 13.1 Å². The molecule has 7 heteroatoms. The van der Waals surface area contributed by atoms with Crippen LogP contribution in [0.15, 0.2) is 28.9 Å². The van der Waals surface area contributed by atoms with Crippen molar-refractivity contribution in [3.63, 3.8) is 0 Å². The van der Waals surface area contributed by atoms with Gasteiger partial charge in [-0.2, -0.15) is 0 Å². The first-order valence-electron chi connectivity index (χ1n) is 7.86. The maximum Gasteiger partial charge on any atom is 0.353 e. The molecule has 0 saturated carbocycles. The minimum Gasteiger partial charge on any atom is -0.477 e. The van der Waals surface area contributed by atoms with Crippen LogP contribution >= 0.6 is 11.8 Å². The highest BCUT2D eigenvalue weighted by atomic mass is 32.2. The predicted molar refractivity (Wildman–Crippen MR) is 89.9 cm³/mol. The Balaban J connectivity index is 1.85. The van der Waals surface area contributed by atoms with E-state index in [9.17, 15) is 19.8 Å². The number of hydrogen-bond acceptors (Lipinski definition) is 5. The number of aliphatic hydroxyl groups is 1. The van der Waals surface area contributed by atoms with Gasteiger partial charge in [0.1, 0.15) is 5.70 Å². The zero-order valence-corrected chi connectivity index (χ0v) is 14.6. The number of β-lactam (4-membered cyclic amide) rings is 1. The quantitative estimate of drug-likeness (QED) is 0.788. The molecule has 1 aromatic rings. The summed E-state index contributed by atoms with van der Waals surface area (Å²) < 4.78 is 0. The van der Waals surface area contributed by atoms with Crippen molar-refractivity contribution in [2.24, 2.45) is 11.8 Å². The number of nitrogens with zero attached hydrogens (tertiary/aromatic N) is 2. The van der Waals surface area contributed by atoms with Gasteiger partial charge in [-0.05, 0) is 31.5 Å². The van der Waals surface area contributed by atoms with Crippen LogP contribution in [-0.4, -0.2) is 44.1 Å². The lowest BCUT2D eigenvalue weighted by molar-refractivity contribution is -0.163. The second-order valence-corrected chi connectivity index (χ2v) is 7.38. The molecule has 2 N–H and O–H groups in total. The number of aryl methyl sites for hydroxylation is 1. The SMILES string of the molecule is Cc1cc(CSC2=C(C(=O)O)N3C(=O)[C@H]([C@@H](C)O)[C@@H]3[C@H]2C)ccn1. The predicted octanol–water partition coefficient (Wildman–Crippen LogP) is 1.78. The van der Waals surface area contributed by atoms with E-state index in [0.29, 0.717) is 10.7 Å². The number of carbonyl (C=O) groups excluding carboxylic acids is 1. The summed E-state index contributed by atoms with van der Waals surface area (Å²) in [5.41, 5.74) is 2.04. The van der Waals surface area contributed by atoms with Crippen molar-refractivity contribution in [2.45, 2.75) is 38.7 Å². The summed E-state index contributed by atoms with van der Waals surface area (Å²) in [4.78, 5) is 30.2. The molecule has 1 saturated heterocycles. The number of fused-ring (bicyclic) bond motifs is 1. The van der Waals surface area contributed by atoms with Gasteiger partial charge >= 0.3 is 5.97 Å². The lowest BCUT2D eigenvalue weighted by atomic mass is 9.79. The monoisotopic (exact) mass is 348 g/mol. The van der Waals surface area contributed by atoms with E-state index in [0.717, 1.165) is 11.3 Å². The second kappa shape index (κ2) is 6.22. The van der Waals surface area contributed by atoms with E-state index in [4.69, 9.17) is 0 Å². The Kier molecular flexibility index (Phi) is 4.40. The average molecular weight is 348 g/mol. The van der Waals surface area contributed by atoms with Gasteiger partial charge in [0, 0.05) is 28.5 Å². The van der Waals surface area contributed by atoms with Crippen molar-refractivity contribution < 1.29 is 19.8 Å². The van der Waals surface area contributed by atoms with Crippen LogP contribution in [-0.2, 0) is 15.3 Å². The zero-order chi connectivity index (χ0) is 17.6. The van der Waals surface area contributed by atoms with E-state index in [-0.39, 0.29) is 23.6 Å². The molecule has 2 aliphatic rings.